The zero-order chi connectivity index (χ0) is 22.6. The Labute approximate surface area is 178 Å². The molecule has 4 rings (SSSR count). The van der Waals surface area contributed by atoms with Crippen LogP contribution in [0.2, 0.25) is 0 Å². The number of nitrogens with zero attached hydrogens (tertiary/aromatic N) is 5. The summed E-state index contributed by atoms with van der Waals surface area (Å²) in [4.78, 5) is 15.1. The van der Waals surface area contributed by atoms with Gasteiger partial charge in [-0.3, -0.25) is 14.2 Å². The van der Waals surface area contributed by atoms with Crippen LogP contribution in [-0.2, 0) is 20.5 Å². The molecule has 0 saturated carbocycles. The molecule has 0 unspecified atom stereocenters. The number of aromatic nitrogens is 4. The van der Waals surface area contributed by atoms with Crippen LogP contribution in [0.3, 0.4) is 0 Å². The summed E-state index contributed by atoms with van der Waals surface area (Å²) in [6.07, 6.45) is 2.06. The molecule has 1 amide bonds. The number of hydrogen-bond acceptors (Lipinski definition) is 3. The monoisotopic (exact) mass is 431 g/mol. The van der Waals surface area contributed by atoms with Gasteiger partial charge in [0.05, 0.1) is 34.9 Å². The van der Waals surface area contributed by atoms with Gasteiger partial charge in [0.2, 0.25) is 0 Å². The Bertz CT molecular complexity index is 1160. The highest BCUT2D eigenvalue weighted by molar-refractivity contribution is 5.95. The second kappa shape index (κ2) is 7.55. The predicted octanol–water partition coefficient (Wildman–Crippen LogP) is 4.12. The first-order valence-electron chi connectivity index (χ1n) is 10.1. The third-order valence-corrected chi connectivity index (χ3v) is 5.92. The molecule has 0 aliphatic carbocycles. The quantitative estimate of drug-likeness (QED) is 0.587. The van der Waals surface area contributed by atoms with Crippen molar-refractivity contribution in [1.29, 1.82) is 0 Å². The van der Waals surface area contributed by atoms with Crippen molar-refractivity contribution in [3.8, 4) is 11.3 Å². The van der Waals surface area contributed by atoms with Gasteiger partial charge in [-0.25, -0.2) is 13.2 Å². The maximum Gasteiger partial charge on any atom is 0.257 e. The average Bonchev–Trinajstić information content (AvgIpc) is 3.25. The molecule has 164 valence electrons. The van der Waals surface area contributed by atoms with Crippen LogP contribution in [0.5, 0.6) is 0 Å². The predicted molar refractivity (Wildman–Crippen MR) is 109 cm³/mol. The Morgan fingerprint density at radius 1 is 1.13 bits per heavy atom. The highest BCUT2D eigenvalue weighted by Crippen LogP contribution is 2.37. The SMILES string of the molecule is CC(C)c1c(C(=O)N2CCc3c(nn(C)c3-c3cc(F)c(F)c(F)c3)[C@@H]2C)cnn1C. The first kappa shape index (κ1) is 21.1. The number of aryl methyl sites for hydroxylation is 2. The number of rotatable bonds is 3. The third kappa shape index (κ3) is 3.32. The van der Waals surface area contributed by atoms with E-state index in [1.807, 2.05) is 27.8 Å². The molecule has 9 heteroatoms. The van der Waals surface area contributed by atoms with E-state index in [1.54, 1.807) is 22.8 Å². The van der Waals surface area contributed by atoms with Crippen LogP contribution < -0.4 is 0 Å². The van der Waals surface area contributed by atoms with E-state index in [-0.39, 0.29) is 23.4 Å². The lowest BCUT2D eigenvalue weighted by molar-refractivity contribution is 0.0672. The molecule has 0 N–H and O–H groups in total. The summed E-state index contributed by atoms with van der Waals surface area (Å²) < 4.78 is 44.3. The Morgan fingerprint density at radius 3 is 2.39 bits per heavy atom. The first-order chi connectivity index (χ1) is 14.6. The van der Waals surface area contributed by atoms with Gasteiger partial charge < -0.3 is 4.90 Å². The fourth-order valence-electron chi connectivity index (χ4n) is 4.53. The minimum absolute atomic E-state index is 0.124. The van der Waals surface area contributed by atoms with Gasteiger partial charge in [-0.15, -0.1) is 0 Å². The van der Waals surface area contributed by atoms with E-state index in [2.05, 4.69) is 10.2 Å². The minimum atomic E-state index is -1.50. The van der Waals surface area contributed by atoms with E-state index in [1.165, 1.54) is 4.68 Å². The summed E-state index contributed by atoms with van der Waals surface area (Å²) >= 11 is 0. The maximum absolute atomic E-state index is 13.8. The van der Waals surface area contributed by atoms with Crippen LogP contribution in [0.15, 0.2) is 18.3 Å². The Hall–Kier alpha value is -3.10. The van der Waals surface area contributed by atoms with Crippen molar-refractivity contribution in [2.45, 2.75) is 39.2 Å². The van der Waals surface area contributed by atoms with E-state index in [0.717, 1.165) is 23.4 Å². The van der Waals surface area contributed by atoms with E-state index < -0.39 is 17.5 Å². The number of halogens is 3. The molecule has 6 nitrogen and oxygen atoms in total. The molecule has 0 radical (unpaired) electrons. The Kier molecular flexibility index (Phi) is 5.15. The summed E-state index contributed by atoms with van der Waals surface area (Å²) in [6, 6.07) is 1.61. The molecule has 1 atom stereocenters. The van der Waals surface area contributed by atoms with E-state index >= 15 is 0 Å². The summed E-state index contributed by atoms with van der Waals surface area (Å²) in [5.74, 6) is -3.98. The van der Waals surface area contributed by atoms with Gasteiger partial charge in [-0.05, 0) is 31.4 Å². The van der Waals surface area contributed by atoms with Crippen LogP contribution in [0.1, 0.15) is 60.0 Å². The summed E-state index contributed by atoms with van der Waals surface area (Å²) in [5.41, 5.74) is 3.63. The lowest BCUT2D eigenvalue weighted by Gasteiger charge is -2.33. The van der Waals surface area contributed by atoms with Crippen LogP contribution in [0.25, 0.3) is 11.3 Å². The molecule has 0 fully saturated rings. The van der Waals surface area contributed by atoms with Crippen molar-refractivity contribution >= 4 is 5.91 Å². The molecule has 1 aliphatic rings. The lowest BCUT2D eigenvalue weighted by Crippen LogP contribution is -2.39. The number of fused-ring (bicyclic) bond motifs is 1. The van der Waals surface area contributed by atoms with Crippen molar-refractivity contribution < 1.29 is 18.0 Å². The second-order valence-corrected chi connectivity index (χ2v) is 8.24. The molecular formula is C22H24F3N5O. The molecule has 2 aromatic heterocycles. The molecule has 31 heavy (non-hydrogen) atoms. The van der Waals surface area contributed by atoms with Crippen molar-refractivity contribution in [3.05, 3.63) is 58.3 Å². The lowest BCUT2D eigenvalue weighted by atomic mass is 9.94. The van der Waals surface area contributed by atoms with Gasteiger partial charge in [0.25, 0.3) is 5.91 Å². The van der Waals surface area contributed by atoms with Gasteiger partial charge in [-0.2, -0.15) is 10.2 Å². The number of carbonyl (C=O) groups is 1. The molecule has 3 heterocycles. The number of carbonyl (C=O) groups excluding carboxylic acids is 1. The van der Waals surface area contributed by atoms with Crippen LogP contribution in [-0.4, -0.2) is 36.9 Å². The Balaban J connectivity index is 1.73. The van der Waals surface area contributed by atoms with Crippen molar-refractivity contribution in [3.63, 3.8) is 0 Å². The smallest absolute Gasteiger partial charge is 0.257 e. The van der Waals surface area contributed by atoms with Crippen LogP contribution in [0.4, 0.5) is 13.2 Å². The largest absolute Gasteiger partial charge is 0.330 e. The van der Waals surface area contributed by atoms with Gasteiger partial charge >= 0.3 is 0 Å². The van der Waals surface area contributed by atoms with Crippen molar-refractivity contribution in [2.75, 3.05) is 6.54 Å². The molecular weight excluding hydrogens is 407 g/mol. The van der Waals surface area contributed by atoms with E-state index in [9.17, 15) is 18.0 Å². The van der Waals surface area contributed by atoms with Crippen LogP contribution >= 0.6 is 0 Å². The second-order valence-electron chi connectivity index (χ2n) is 8.24. The number of amides is 1. The fraction of sp³-hybridized carbons (Fsp3) is 0.409. The highest BCUT2D eigenvalue weighted by atomic mass is 19.2. The summed E-state index contributed by atoms with van der Waals surface area (Å²) in [6.45, 7) is 6.32. The van der Waals surface area contributed by atoms with Gasteiger partial charge in [0, 0.05) is 31.8 Å². The molecule has 3 aromatic rings. The standard InChI is InChI=1S/C22H24F3N5O/c1-11(2)20-15(10-26-28(20)4)22(31)30-7-6-14-19(12(30)3)27-29(5)21(14)13-8-16(23)18(25)17(24)9-13/h8-12H,6-7H2,1-5H3/t12-/m0/s1. The average molecular weight is 431 g/mol. The molecule has 0 bridgehead atoms. The Morgan fingerprint density at radius 2 is 1.77 bits per heavy atom. The van der Waals surface area contributed by atoms with Gasteiger partial charge in [0.15, 0.2) is 17.5 Å². The minimum Gasteiger partial charge on any atom is -0.330 e. The number of hydrogen-bond donors (Lipinski definition) is 0. The van der Waals surface area contributed by atoms with Crippen LogP contribution in [0, 0.1) is 17.5 Å². The zero-order valence-corrected chi connectivity index (χ0v) is 18.1. The van der Waals surface area contributed by atoms with Crippen molar-refractivity contribution in [1.82, 2.24) is 24.5 Å². The molecule has 1 aromatic carbocycles. The van der Waals surface area contributed by atoms with Gasteiger partial charge in [0.1, 0.15) is 0 Å². The number of benzene rings is 1. The van der Waals surface area contributed by atoms with E-state index in [4.69, 9.17) is 0 Å². The molecule has 0 spiro atoms. The maximum atomic E-state index is 13.8. The summed E-state index contributed by atoms with van der Waals surface area (Å²) in [5, 5.41) is 8.79. The molecule has 0 saturated heterocycles. The third-order valence-electron chi connectivity index (χ3n) is 5.92. The summed E-state index contributed by atoms with van der Waals surface area (Å²) in [7, 11) is 3.49. The van der Waals surface area contributed by atoms with Gasteiger partial charge in [-0.1, -0.05) is 13.8 Å². The topological polar surface area (TPSA) is 56.0 Å². The fourth-order valence-corrected chi connectivity index (χ4v) is 4.53. The first-order valence-corrected chi connectivity index (χ1v) is 10.1. The molecule has 1 aliphatic heterocycles. The van der Waals surface area contributed by atoms with E-state index in [0.29, 0.717) is 29.9 Å². The zero-order valence-electron chi connectivity index (χ0n) is 18.1. The highest BCUT2D eigenvalue weighted by Gasteiger charge is 2.35. The van der Waals surface area contributed by atoms with Crippen molar-refractivity contribution in [2.24, 2.45) is 14.1 Å². The normalized spacial score (nSPS) is 16.2.